The zero-order chi connectivity index (χ0) is 39.9. The molecule has 1 aromatic carbocycles. The van der Waals surface area contributed by atoms with E-state index in [0.29, 0.717) is 38.9 Å². The summed E-state index contributed by atoms with van der Waals surface area (Å²) < 4.78 is 18.6. The van der Waals surface area contributed by atoms with Crippen LogP contribution in [0.25, 0.3) is 10.4 Å². The predicted octanol–water partition coefficient (Wildman–Crippen LogP) is 4.02. The lowest BCUT2D eigenvalue weighted by molar-refractivity contribution is -0.304. The van der Waals surface area contributed by atoms with E-state index in [4.69, 9.17) is 19.7 Å². The largest absolute Gasteiger partial charge is 0.462 e. The number of carbonyl (C=O) groups excluding carboxylic acids is 2. The molecule has 0 aliphatic carbocycles. The molecule has 302 valence electrons. The average molecular weight is 758 g/mol. The molecular formula is C40H63N5O9. The Kier molecular flexibility index (Phi) is 18.8. The van der Waals surface area contributed by atoms with Crippen LogP contribution in [0.2, 0.25) is 0 Å². The minimum Gasteiger partial charge on any atom is -0.462 e. The van der Waals surface area contributed by atoms with E-state index in [9.17, 15) is 30.0 Å². The van der Waals surface area contributed by atoms with Gasteiger partial charge in [-0.15, -0.1) is 0 Å². The molecule has 1 aromatic rings. The Hall–Kier alpha value is -3.17. The summed E-state index contributed by atoms with van der Waals surface area (Å²) >= 11 is 0. The molecule has 0 radical (unpaired) electrons. The Bertz CT molecular complexity index is 1420. The second-order valence-corrected chi connectivity index (χ2v) is 15.2. The highest BCUT2D eigenvalue weighted by molar-refractivity contribution is 5.91. The van der Waals surface area contributed by atoms with Crippen molar-refractivity contribution < 1.29 is 44.2 Å². The lowest BCUT2D eigenvalue weighted by Crippen LogP contribution is -2.63. The zero-order valence-corrected chi connectivity index (χ0v) is 33.0. The Morgan fingerprint density at radius 2 is 1.74 bits per heavy atom. The van der Waals surface area contributed by atoms with Crippen molar-refractivity contribution in [3.63, 3.8) is 0 Å². The SMILES string of the molecule is CC[C@H]1OC(=O)C[C@@H](O)[C@H](C)[C@@H](O[C@H]2O[C@@H](C)[C@H](O)[C@@H](N(C)C)[C@@H]2O)[C@@H](CCN(CCN=[N+]=[N-])Cc2ccccc2)C[C@@H](C)C(=O)/C=C/C(C)=C/[C@@H]1CO. The molecule has 14 nitrogen and oxygen atoms in total. The van der Waals surface area contributed by atoms with Crippen molar-refractivity contribution in [2.75, 3.05) is 40.3 Å². The van der Waals surface area contributed by atoms with Crippen LogP contribution in [-0.4, -0.2) is 131 Å². The number of esters is 1. The third kappa shape index (κ3) is 13.2. The van der Waals surface area contributed by atoms with Crippen LogP contribution < -0.4 is 0 Å². The molecule has 0 aromatic heterocycles. The van der Waals surface area contributed by atoms with Crippen LogP contribution in [0.1, 0.15) is 65.9 Å². The molecule has 0 spiro atoms. The van der Waals surface area contributed by atoms with E-state index in [1.165, 1.54) is 6.08 Å². The molecule has 4 N–H and O–H groups in total. The van der Waals surface area contributed by atoms with Gasteiger partial charge in [-0.3, -0.25) is 14.5 Å². The molecule has 3 rings (SSSR count). The second kappa shape index (κ2) is 22.4. The number of azide groups is 1. The molecule has 0 bridgehead atoms. The number of benzene rings is 1. The van der Waals surface area contributed by atoms with Gasteiger partial charge in [-0.2, -0.15) is 0 Å². The van der Waals surface area contributed by atoms with Crippen molar-refractivity contribution >= 4 is 11.8 Å². The van der Waals surface area contributed by atoms with Crippen LogP contribution >= 0.6 is 0 Å². The first-order valence-corrected chi connectivity index (χ1v) is 19.2. The predicted molar refractivity (Wildman–Crippen MR) is 205 cm³/mol. The first-order chi connectivity index (χ1) is 25.7. The number of ketones is 1. The number of carbonyl (C=O) groups is 2. The van der Waals surface area contributed by atoms with Crippen LogP contribution in [0.3, 0.4) is 0 Å². The number of rotatable bonds is 13. The summed E-state index contributed by atoms with van der Waals surface area (Å²) in [5.41, 5.74) is 10.8. The highest BCUT2D eigenvalue weighted by Gasteiger charge is 2.47. The maximum absolute atomic E-state index is 13.7. The number of nitrogens with zero attached hydrogens (tertiary/aromatic N) is 5. The molecule has 14 heteroatoms. The summed E-state index contributed by atoms with van der Waals surface area (Å²) in [6.07, 6.45) is -0.998. The number of allylic oxidation sites excluding steroid dienone is 3. The van der Waals surface area contributed by atoms with Crippen molar-refractivity contribution in [3.05, 3.63) is 70.1 Å². The molecule has 1 saturated heterocycles. The van der Waals surface area contributed by atoms with Crippen LogP contribution in [0.4, 0.5) is 0 Å². The van der Waals surface area contributed by atoms with Crippen LogP contribution in [0.15, 0.2) is 59.2 Å². The van der Waals surface area contributed by atoms with Crippen molar-refractivity contribution in [2.45, 2.75) is 116 Å². The smallest absolute Gasteiger partial charge is 0.308 e. The van der Waals surface area contributed by atoms with E-state index in [1.807, 2.05) is 51.1 Å². The fourth-order valence-corrected chi connectivity index (χ4v) is 7.55. The van der Waals surface area contributed by atoms with Gasteiger partial charge in [-0.25, -0.2) is 0 Å². The van der Waals surface area contributed by atoms with Crippen molar-refractivity contribution in [3.8, 4) is 0 Å². The van der Waals surface area contributed by atoms with Gasteiger partial charge in [0.1, 0.15) is 12.2 Å². The fraction of sp³-hybridized carbons (Fsp3) is 0.700. The average Bonchev–Trinajstić information content (AvgIpc) is 3.14. The first kappa shape index (κ1) is 45.2. The van der Waals surface area contributed by atoms with E-state index >= 15 is 0 Å². The first-order valence-electron chi connectivity index (χ1n) is 19.2. The summed E-state index contributed by atoms with van der Waals surface area (Å²) in [7, 11) is 3.50. The molecule has 0 saturated carbocycles. The molecule has 0 unspecified atom stereocenters. The Morgan fingerprint density at radius 1 is 1.04 bits per heavy atom. The Morgan fingerprint density at radius 3 is 2.37 bits per heavy atom. The standard InChI is InChI=1S/C40H63N5O9/c1-8-34-31(24-46)20-25(2)14-15-32(47)26(3)21-30(16-18-45(19-17-42-43-41)23-29-12-10-9-11-13-29)39(27(4)33(48)22-35(49)53-34)54-40-38(51)36(44(6)7)37(50)28(5)52-40/h9-15,20,26-28,30-31,33-34,36-40,46,48,50-51H,8,16-19,21-24H2,1-7H3/b15-14+,25-20+/t26-,27+,28+,30+,31-,33-,34-,36-,37+,38+,39-,40-/m1/s1. The normalized spacial score (nSPS) is 34.9. The van der Waals surface area contributed by atoms with Gasteiger partial charge in [0.15, 0.2) is 12.1 Å². The van der Waals surface area contributed by atoms with E-state index in [-0.39, 0.29) is 25.4 Å². The van der Waals surface area contributed by atoms with Crippen LogP contribution in [-0.2, 0) is 30.3 Å². The maximum atomic E-state index is 13.7. The molecule has 2 aliphatic rings. The van der Waals surface area contributed by atoms with Crippen molar-refractivity contribution in [1.82, 2.24) is 9.80 Å². The molecule has 2 aliphatic heterocycles. The van der Waals surface area contributed by atoms with Gasteiger partial charge in [-0.05, 0) is 76.8 Å². The maximum Gasteiger partial charge on any atom is 0.308 e. The number of hydrogen-bond donors (Lipinski definition) is 4. The quantitative estimate of drug-likeness (QED) is 0.0982. The highest BCUT2D eigenvalue weighted by atomic mass is 16.7. The Labute approximate surface area is 320 Å². The molecular weight excluding hydrogens is 694 g/mol. The minimum absolute atomic E-state index is 0.117. The van der Waals surface area contributed by atoms with Gasteiger partial charge < -0.3 is 39.5 Å². The monoisotopic (exact) mass is 757 g/mol. The van der Waals surface area contributed by atoms with Crippen molar-refractivity contribution in [1.29, 1.82) is 0 Å². The van der Waals surface area contributed by atoms with E-state index < -0.39 is 78.6 Å². The molecule has 2 heterocycles. The number of ether oxygens (including phenoxy) is 3. The molecule has 0 amide bonds. The topological polar surface area (TPSA) is 198 Å². The number of likely N-dealkylation sites (N-methyl/N-ethyl adjacent to an activating group) is 1. The van der Waals surface area contributed by atoms with Crippen LogP contribution in [0.5, 0.6) is 0 Å². The summed E-state index contributed by atoms with van der Waals surface area (Å²) in [6.45, 7) is 10.5. The molecule has 54 heavy (non-hydrogen) atoms. The molecule has 12 atom stereocenters. The van der Waals surface area contributed by atoms with E-state index in [2.05, 4.69) is 14.9 Å². The summed E-state index contributed by atoms with van der Waals surface area (Å²) in [5.74, 6) is -2.86. The van der Waals surface area contributed by atoms with E-state index in [0.717, 1.165) is 11.1 Å². The number of cyclic esters (lactones) is 1. The minimum atomic E-state index is -1.27. The Balaban J connectivity index is 2.09. The summed E-state index contributed by atoms with van der Waals surface area (Å²) in [5, 5.41) is 48.1. The third-order valence-electron chi connectivity index (χ3n) is 10.8. The van der Waals surface area contributed by atoms with Gasteiger partial charge >= 0.3 is 5.97 Å². The van der Waals surface area contributed by atoms with Gasteiger partial charge in [0.05, 0.1) is 43.5 Å². The van der Waals surface area contributed by atoms with Gasteiger partial charge in [0.2, 0.25) is 0 Å². The zero-order valence-electron chi connectivity index (χ0n) is 33.0. The highest BCUT2D eigenvalue weighted by Crippen LogP contribution is 2.35. The van der Waals surface area contributed by atoms with Gasteiger partial charge in [0.25, 0.3) is 0 Å². The number of aliphatic hydroxyl groups is 4. The van der Waals surface area contributed by atoms with Crippen molar-refractivity contribution in [2.24, 2.45) is 28.8 Å². The third-order valence-corrected chi connectivity index (χ3v) is 10.8. The summed E-state index contributed by atoms with van der Waals surface area (Å²) in [4.78, 5) is 33.8. The van der Waals surface area contributed by atoms with Crippen LogP contribution in [0, 0.1) is 23.7 Å². The summed E-state index contributed by atoms with van der Waals surface area (Å²) in [6, 6.07) is 9.18. The number of hydrogen-bond acceptors (Lipinski definition) is 12. The fourth-order valence-electron chi connectivity index (χ4n) is 7.55. The molecule has 1 fully saturated rings. The lowest BCUT2D eigenvalue weighted by atomic mass is 9.79. The van der Waals surface area contributed by atoms with Gasteiger partial charge in [0, 0.05) is 42.3 Å². The lowest BCUT2D eigenvalue weighted by Gasteiger charge is -2.46. The van der Waals surface area contributed by atoms with E-state index in [1.54, 1.807) is 45.0 Å². The number of aliphatic hydroxyl groups excluding tert-OH is 4. The second-order valence-electron chi connectivity index (χ2n) is 15.2. The van der Waals surface area contributed by atoms with Gasteiger partial charge in [-0.1, -0.05) is 73.9 Å².